The molecule has 92 valence electrons. The fourth-order valence-electron chi connectivity index (χ4n) is 1.47. The minimum Gasteiger partial charge on any atom is -0.289 e. The molecule has 2 rings (SSSR count). The van der Waals surface area contributed by atoms with E-state index in [2.05, 4.69) is 15.9 Å². The number of allylic oxidation sites excluding steroid dienone is 1. The normalized spacial score (nSPS) is 11.1. The summed E-state index contributed by atoms with van der Waals surface area (Å²) in [6, 6.07) is 7.27. The van der Waals surface area contributed by atoms with Gasteiger partial charge >= 0.3 is 0 Å². The molecule has 0 atom stereocenters. The van der Waals surface area contributed by atoms with Crippen LogP contribution in [0.1, 0.15) is 20.8 Å². The maximum absolute atomic E-state index is 12.0. The zero-order valence-corrected chi connectivity index (χ0v) is 12.8. The van der Waals surface area contributed by atoms with E-state index < -0.39 is 0 Å². The number of carbonyl (C=O) groups excluding carboxylic acids is 1. The van der Waals surface area contributed by atoms with Crippen LogP contribution in [0, 0.1) is 6.92 Å². The third-order valence-electron chi connectivity index (χ3n) is 2.43. The van der Waals surface area contributed by atoms with Crippen molar-refractivity contribution in [2.75, 3.05) is 0 Å². The van der Waals surface area contributed by atoms with Gasteiger partial charge in [-0.25, -0.2) is 0 Å². The van der Waals surface area contributed by atoms with Crippen molar-refractivity contribution in [1.29, 1.82) is 0 Å². The standard InChI is InChI=1S/C14H10BrClOS/c1-9-6-10(2-4-13(9)16)14(17)5-3-12-7-11(15)8-18-12/h2-8H,1H3/b5-3+. The first-order valence-electron chi connectivity index (χ1n) is 5.29. The Labute approximate surface area is 123 Å². The van der Waals surface area contributed by atoms with Crippen LogP contribution in [0.25, 0.3) is 6.08 Å². The lowest BCUT2D eigenvalue weighted by atomic mass is 10.1. The van der Waals surface area contributed by atoms with Crippen LogP contribution in [0.15, 0.2) is 40.2 Å². The predicted molar refractivity (Wildman–Crippen MR) is 81.6 cm³/mol. The minimum absolute atomic E-state index is 0.0145. The first-order chi connectivity index (χ1) is 8.56. The van der Waals surface area contributed by atoms with Crippen LogP contribution in [-0.4, -0.2) is 5.78 Å². The smallest absolute Gasteiger partial charge is 0.185 e. The van der Waals surface area contributed by atoms with Crippen LogP contribution < -0.4 is 0 Å². The molecular weight excluding hydrogens is 332 g/mol. The summed E-state index contributed by atoms with van der Waals surface area (Å²) in [7, 11) is 0. The molecule has 0 spiro atoms. The van der Waals surface area contributed by atoms with Gasteiger partial charge in [-0.3, -0.25) is 4.79 Å². The minimum atomic E-state index is -0.0145. The number of rotatable bonds is 3. The Bertz CT molecular complexity index is 616. The highest BCUT2D eigenvalue weighted by molar-refractivity contribution is 9.10. The molecule has 1 aromatic heterocycles. The third-order valence-corrected chi connectivity index (χ3v) is 4.51. The van der Waals surface area contributed by atoms with Crippen molar-refractivity contribution in [2.24, 2.45) is 0 Å². The van der Waals surface area contributed by atoms with E-state index >= 15 is 0 Å². The summed E-state index contributed by atoms with van der Waals surface area (Å²) in [5, 5.41) is 2.66. The quantitative estimate of drug-likeness (QED) is 0.542. The number of thiophene rings is 1. The van der Waals surface area contributed by atoms with E-state index in [0.717, 1.165) is 14.9 Å². The second kappa shape index (κ2) is 5.83. The van der Waals surface area contributed by atoms with Gasteiger partial charge in [-0.05, 0) is 64.8 Å². The zero-order chi connectivity index (χ0) is 13.1. The Hall–Kier alpha value is -0.900. The fourth-order valence-corrected chi connectivity index (χ4v) is 2.92. The number of ketones is 1. The molecule has 0 aliphatic rings. The highest BCUT2D eigenvalue weighted by atomic mass is 79.9. The van der Waals surface area contributed by atoms with E-state index in [9.17, 15) is 4.79 Å². The molecule has 0 N–H and O–H groups in total. The molecule has 0 amide bonds. The number of aryl methyl sites for hydroxylation is 1. The van der Waals surface area contributed by atoms with E-state index in [1.54, 1.807) is 35.6 Å². The molecule has 0 bridgehead atoms. The van der Waals surface area contributed by atoms with E-state index in [-0.39, 0.29) is 5.78 Å². The van der Waals surface area contributed by atoms with Crippen LogP contribution in [0.2, 0.25) is 5.02 Å². The molecule has 0 unspecified atom stereocenters. The van der Waals surface area contributed by atoms with Crippen LogP contribution in [-0.2, 0) is 0 Å². The zero-order valence-electron chi connectivity index (χ0n) is 9.61. The summed E-state index contributed by atoms with van der Waals surface area (Å²) in [5.41, 5.74) is 1.57. The maximum Gasteiger partial charge on any atom is 0.185 e. The van der Waals surface area contributed by atoms with Crippen LogP contribution >= 0.6 is 38.9 Å². The molecule has 1 aromatic carbocycles. The molecule has 0 aliphatic carbocycles. The molecule has 2 aromatic rings. The van der Waals surface area contributed by atoms with E-state index in [1.807, 2.05) is 24.4 Å². The van der Waals surface area contributed by atoms with Gasteiger partial charge < -0.3 is 0 Å². The van der Waals surface area contributed by atoms with Crippen LogP contribution in [0.4, 0.5) is 0 Å². The summed E-state index contributed by atoms with van der Waals surface area (Å²) in [6.07, 6.45) is 3.41. The second-order valence-electron chi connectivity index (χ2n) is 3.83. The van der Waals surface area contributed by atoms with E-state index in [4.69, 9.17) is 11.6 Å². The van der Waals surface area contributed by atoms with Gasteiger partial charge in [0, 0.05) is 25.3 Å². The van der Waals surface area contributed by atoms with Gasteiger partial charge in [-0.15, -0.1) is 11.3 Å². The molecule has 1 nitrogen and oxygen atoms in total. The van der Waals surface area contributed by atoms with Crippen molar-refractivity contribution in [3.63, 3.8) is 0 Å². The average Bonchev–Trinajstić information content (AvgIpc) is 2.75. The number of hydrogen-bond donors (Lipinski definition) is 0. The molecule has 0 saturated carbocycles. The summed E-state index contributed by atoms with van der Waals surface area (Å²) in [5.74, 6) is -0.0145. The van der Waals surface area contributed by atoms with E-state index in [1.165, 1.54) is 0 Å². The number of benzene rings is 1. The molecule has 0 saturated heterocycles. The number of hydrogen-bond acceptors (Lipinski definition) is 2. The molecule has 4 heteroatoms. The van der Waals surface area contributed by atoms with Crippen molar-refractivity contribution in [3.8, 4) is 0 Å². The Morgan fingerprint density at radius 3 is 2.78 bits per heavy atom. The summed E-state index contributed by atoms with van der Waals surface area (Å²) in [6.45, 7) is 1.89. The molecule has 0 aliphatic heterocycles. The van der Waals surface area contributed by atoms with Crippen molar-refractivity contribution in [2.45, 2.75) is 6.92 Å². The van der Waals surface area contributed by atoms with Crippen molar-refractivity contribution >= 4 is 50.7 Å². The largest absolute Gasteiger partial charge is 0.289 e. The lowest BCUT2D eigenvalue weighted by Gasteiger charge is -2.00. The Balaban J connectivity index is 2.16. The van der Waals surface area contributed by atoms with Gasteiger partial charge in [0.05, 0.1) is 0 Å². The SMILES string of the molecule is Cc1cc(C(=O)/C=C/c2cc(Br)cs2)ccc1Cl. The Morgan fingerprint density at radius 2 is 2.17 bits per heavy atom. The Morgan fingerprint density at radius 1 is 1.39 bits per heavy atom. The van der Waals surface area contributed by atoms with Crippen LogP contribution in [0.3, 0.4) is 0 Å². The lowest BCUT2D eigenvalue weighted by Crippen LogP contribution is -1.94. The topological polar surface area (TPSA) is 17.1 Å². The number of halogens is 2. The van der Waals surface area contributed by atoms with Gasteiger partial charge in [0.15, 0.2) is 5.78 Å². The summed E-state index contributed by atoms with van der Waals surface area (Å²) < 4.78 is 1.03. The predicted octanol–water partition coefficient (Wildman–Crippen LogP) is 5.37. The number of carbonyl (C=O) groups is 1. The van der Waals surface area contributed by atoms with Gasteiger partial charge in [-0.1, -0.05) is 11.6 Å². The van der Waals surface area contributed by atoms with Gasteiger partial charge in [0.2, 0.25) is 0 Å². The molecule has 0 fully saturated rings. The second-order valence-corrected chi connectivity index (χ2v) is 6.09. The maximum atomic E-state index is 12.0. The first-order valence-corrected chi connectivity index (χ1v) is 7.34. The molecular formula is C14H10BrClOS. The monoisotopic (exact) mass is 340 g/mol. The van der Waals surface area contributed by atoms with Crippen molar-refractivity contribution < 1.29 is 4.79 Å². The highest BCUT2D eigenvalue weighted by Crippen LogP contribution is 2.21. The summed E-state index contributed by atoms with van der Waals surface area (Å²) in [4.78, 5) is 13.0. The first kappa shape index (κ1) is 13.5. The van der Waals surface area contributed by atoms with Crippen molar-refractivity contribution in [1.82, 2.24) is 0 Å². The third kappa shape index (κ3) is 3.31. The van der Waals surface area contributed by atoms with Crippen LogP contribution in [0.5, 0.6) is 0 Å². The molecule has 18 heavy (non-hydrogen) atoms. The molecule has 0 radical (unpaired) electrons. The summed E-state index contributed by atoms with van der Waals surface area (Å²) >= 11 is 10.9. The highest BCUT2D eigenvalue weighted by Gasteiger charge is 2.04. The van der Waals surface area contributed by atoms with Gasteiger partial charge in [0.25, 0.3) is 0 Å². The molecule has 1 heterocycles. The van der Waals surface area contributed by atoms with E-state index in [0.29, 0.717) is 10.6 Å². The van der Waals surface area contributed by atoms with Gasteiger partial charge in [-0.2, -0.15) is 0 Å². The average molecular weight is 342 g/mol. The van der Waals surface area contributed by atoms with Gasteiger partial charge in [0.1, 0.15) is 0 Å². The van der Waals surface area contributed by atoms with Crippen molar-refractivity contribution in [3.05, 3.63) is 61.2 Å². The lowest BCUT2D eigenvalue weighted by molar-refractivity contribution is 0.104. The Kier molecular flexibility index (Phi) is 4.38. The fraction of sp³-hybridized carbons (Fsp3) is 0.0714.